The van der Waals surface area contributed by atoms with Gasteiger partial charge in [-0.15, -0.1) is 11.6 Å². The summed E-state index contributed by atoms with van der Waals surface area (Å²) >= 11 is 5.57. The molecule has 2 rings (SSSR count). The minimum absolute atomic E-state index is 0.311. The first-order valence-electron chi connectivity index (χ1n) is 4.30. The molecule has 0 atom stereocenters. The third-order valence-corrected chi connectivity index (χ3v) is 2.41. The first-order chi connectivity index (χ1) is 6.74. The molecule has 0 N–H and O–H groups in total. The number of anilines is 1. The van der Waals surface area contributed by atoms with Gasteiger partial charge in [0.15, 0.2) is 11.6 Å². The molecule has 1 aromatic heterocycles. The van der Waals surface area contributed by atoms with Crippen LogP contribution in [0, 0.1) is 5.82 Å². The van der Waals surface area contributed by atoms with Gasteiger partial charge >= 0.3 is 5.69 Å². The van der Waals surface area contributed by atoms with Gasteiger partial charge in [0, 0.05) is 25.5 Å². The average molecular weight is 218 g/mol. The molecule has 0 unspecified atom stereocenters. The Morgan fingerprint density at radius 2 is 2.36 bits per heavy atom. The third kappa shape index (κ3) is 1.37. The number of aromatic nitrogens is 2. The minimum atomic E-state index is -0.466. The van der Waals surface area contributed by atoms with Gasteiger partial charge in [0.25, 0.3) is 0 Å². The second kappa shape index (κ2) is 3.57. The molecule has 4 nitrogen and oxygen atoms in total. The molecular weight excluding hydrogens is 209 g/mol. The van der Waals surface area contributed by atoms with E-state index in [2.05, 4.69) is 4.98 Å². The Morgan fingerprint density at radius 1 is 1.57 bits per heavy atom. The van der Waals surface area contributed by atoms with Crippen LogP contribution in [-0.4, -0.2) is 28.5 Å². The molecule has 0 amide bonds. The maximum atomic E-state index is 13.3. The van der Waals surface area contributed by atoms with Crippen molar-refractivity contribution in [3.8, 4) is 0 Å². The van der Waals surface area contributed by atoms with E-state index in [0.717, 1.165) is 6.20 Å². The summed E-state index contributed by atoms with van der Waals surface area (Å²) in [5.41, 5.74) is -0.404. The van der Waals surface area contributed by atoms with Crippen LogP contribution >= 0.6 is 11.6 Å². The number of halogens is 2. The second-order valence-electron chi connectivity index (χ2n) is 3.04. The predicted octanol–water partition coefficient (Wildman–Crippen LogP) is 0.441. The Labute approximate surface area is 84.9 Å². The van der Waals surface area contributed by atoms with Crippen LogP contribution in [0.4, 0.5) is 10.2 Å². The Bertz CT molecular complexity index is 406. The van der Waals surface area contributed by atoms with Gasteiger partial charge in [0.05, 0.1) is 6.20 Å². The van der Waals surface area contributed by atoms with Crippen LogP contribution in [0.5, 0.6) is 0 Å². The first kappa shape index (κ1) is 9.45. The highest BCUT2D eigenvalue weighted by Crippen LogP contribution is 2.21. The highest BCUT2D eigenvalue weighted by Gasteiger charge is 2.23. The normalized spacial score (nSPS) is 14.6. The van der Waals surface area contributed by atoms with E-state index in [-0.39, 0.29) is 0 Å². The van der Waals surface area contributed by atoms with E-state index in [1.165, 1.54) is 4.57 Å². The lowest BCUT2D eigenvalue weighted by atomic mass is 10.5. The number of fused-ring (bicyclic) bond motifs is 1. The zero-order valence-electron chi connectivity index (χ0n) is 7.41. The lowest BCUT2D eigenvalue weighted by molar-refractivity contribution is 0.595. The van der Waals surface area contributed by atoms with Crippen LogP contribution in [0.25, 0.3) is 0 Å². The van der Waals surface area contributed by atoms with Gasteiger partial charge in [-0.2, -0.15) is 4.98 Å². The Kier molecular flexibility index (Phi) is 2.41. The monoisotopic (exact) mass is 217 g/mol. The summed E-state index contributed by atoms with van der Waals surface area (Å²) in [6.07, 6.45) is 0.959. The lowest BCUT2D eigenvalue weighted by Gasteiger charge is -2.16. The molecule has 0 bridgehead atoms. The standard InChI is InChI=1S/C8H9ClFN3O/c9-1-2-12-3-4-13-7(12)6(10)5-11-8(13)14/h5H,1-4H2. The molecule has 1 aliphatic rings. The van der Waals surface area contributed by atoms with Gasteiger partial charge in [-0.3, -0.25) is 4.57 Å². The molecular formula is C8H9ClFN3O. The lowest BCUT2D eigenvalue weighted by Crippen LogP contribution is -2.25. The Morgan fingerprint density at radius 3 is 3.07 bits per heavy atom. The van der Waals surface area contributed by atoms with Gasteiger partial charge in [0.2, 0.25) is 0 Å². The topological polar surface area (TPSA) is 38.1 Å². The van der Waals surface area contributed by atoms with E-state index in [1.54, 1.807) is 4.90 Å². The summed E-state index contributed by atoms with van der Waals surface area (Å²) in [6.45, 7) is 1.64. The summed E-state index contributed by atoms with van der Waals surface area (Å²) in [6, 6.07) is 0. The molecule has 0 saturated carbocycles. The predicted molar refractivity (Wildman–Crippen MR) is 51.4 cm³/mol. The van der Waals surface area contributed by atoms with Gasteiger partial charge < -0.3 is 4.90 Å². The summed E-state index contributed by atoms with van der Waals surface area (Å²) in [5, 5.41) is 0. The zero-order chi connectivity index (χ0) is 10.1. The van der Waals surface area contributed by atoms with Crippen molar-refractivity contribution < 1.29 is 4.39 Å². The average Bonchev–Trinajstić information content (AvgIpc) is 2.58. The van der Waals surface area contributed by atoms with Crippen LogP contribution in [0.2, 0.25) is 0 Å². The zero-order valence-corrected chi connectivity index (χ0v) is 8.17. The molecule has 0 fully saturated rings. The molecule has 14 heavy (non-hydrogen) atoms. The maximum absolute atomic E-state index is 13.3. The molecule has 0 aromatic carbocycles. The van der Waals surface area contributed by atoms with E-state index in [9.17, 15) is 9.18 Å². The van der Waals surface area contributed by atoms with E-state index in [0.29, 0.717) is 31.3 Å². The number of hydrogen-bond acceptors (Lipinski definition) is 3. The van der Waals surface area contributed by atoms with Crippen LogP contribution in [0.1, 0.15) is 0 Å². The van der Waals surface area contributed by atoms with Crippen molar-refractivity contribution in [2.75, 3.05) is 23.9 Å². The van der Waals surface area contributed by atoms with E-state index < -0.39 is 11.5 Å². The van der Waals surface area contributed by atoms with Crippen molar-refractivity contribution in [2.45, 2.75) is 6.54 Å². The molecule has 1 aromatic rings. The molecule has 2 heterocycles. The van der Waals surface area contributed by atoms with Gasteiger partial charge in [-0.25, -0.2) is 9.18 Å². The van der Waals surface area contributed by atoms with Gasteiger partial charge in [0.1, 0.15) is 0 Å². The number of nitrogens with zero attached hydrogens (tertiary/aromatic N) is 3. The minimum Gasteiger partial charge on any atom is -0.352 e. The Balaban J connectivity index is 2.48. The fourth-order valence-electron chi connectivity index (χ4n) is 1.63. The van der Waals surface area contributed by atoms with Gasteiger partial charge in [-0.05, 0) is 0 Å². The van der Waals surface area contributed by atoms with Crippen molar-refractivity contribution in [3.05, 3.63) is 22.5 Å². The highest BCUT2D eigenvalue weighted by molar-refractivity contribution is 6.18. The first-order valence-corrected chi connectivity index (χ1v) is 4.83. The smallest absolute Gasteiger partial charge is 0.349 e. The van der Waals surface area contributed by atoms with E-state index in [1.807, 2.05) is 0 Å². The fourth-order valence-corrected chi connectivity index (χ4v) is 1.83. The van der Waals surface area contributed by atoms with Crippen molar-refractivity contribution in [1.82, 2.24) is 9.55 Å². The molecule has 76 valence electrons. The van der Waals surface area contributed by atoms with E-state index in [4.69, 9.17) is 11.6 Å². The fraction of sp³-hybridized carbons (Fsp3) is 0.500. The number of rotatable bonds is 2. The molecule has 0 spiro atoms. The summed E-state index contributed by atoms with van der Waals surface area (Å²) < 4.78 is 14.7. The number of alkyl halides is 1. The molecule has 0 saturated heterocycles. The summed E-state index contributed by atoms with van der Waals surface area (Å²) in [5.74, 6) is 0.258. The van der Waals surface area contributed by atoms with Crippen molar-refractivity contribution in [3.63, 3.8) is 0 Å². The quantitative estimate of drug-likeness (QED) is 0.675. The van der Waals surface area contributed by atoms with Crippen LogP contribution < -0.4 is 10.6 Å². The van der Waals surface area contributed by atoms with Crippen LogP contribution in [0.15, 0.2) is 11.0 Å². The maximum Gasteiger partial charge on any atom is 0.349 e. The largest absolute Gasteiger partial charge is 0.352 e. The van der Waals surface area contributed by atoms with Crippen LogP contribution in [-0.2, 0) is 6.54 Å². The van der Waals surface area contributed by atoms with Crippen molar-refractivity contribution in [2.24, 2.45) is 0 Å². The molecule has 1 aliphatic heterocycles. The van der Waals surface area contributed by atoms with E-state index >= 15 is 0 Å². The van der Waals surface area contributed by atoms with Gasteiger partial charge in [-0.1, -0.05) is 0 Å². The summed E-state index contributed by atoms with van der Waals surface area (Å²) in [7, 11) is 0. The highest BCUT2D eigenvalue weighted by atomic mass is 35.5. The molecule has 6 heteroatoms. The summed E-state index contributed by atoms with van der Waals surface area (Å²) in [4.78, 5) is 16.4. The SMILES string of the molecule is O=c1ncc(F)c2n1CCN2CCCl. The molecule has 0 aliphatic carbocycles. The van der Waals surface area contributed by atoms with Crippen LogP contribution in [0.3, 0.4) is 0 Å². The number of hydrogen-bond donors (Lipinski definition) is 0. The Hall–Kier alpha value is -1.10. The molecule has 0 radical (unpaired) electrons. The third-order valence-electron chi connectivity index (χ3n) is 2.24. The second-order valence-corrected chi connectivity index (χ2v) is 3.42. The van der Waals surface area contributed by atoms with Crippen molar-refractivity contribution >= 4 is 17.4 Å². The van der Waals surface area contributed by atoms with Crippen molar-refractivity contribution in [1.29, 1.82) is 0 Å².